The van der Waals surface area contributed by atoms with Gasteiger partial charge in [0.2, 0.25) is 0 Å². The lowest BCUT2D eigenvalue weighted by Gasteiger charge is -2.09. The Morgan fingerprint density at radius 2 is 2.17 bits per heavy atom. The molecule has 0 aliphatic rings. The summed E-state index contributed by atoms with van der Waals surface area (Å²) in [7, 11) is 0. The summed E-state index contributed by atoms with van der Waals surface area (Å²) in [5.41, 5.74) is 0.586. The molecule has 7 nitrogen and oxygen atoms in total. The molecule has 0 radical (unpaired) electrons. The van der Waals surface area contributed by atoms with E-state index in [9.17, 15) is 14.4 Å². The Hall–Kier alpha value is -3.09. The van der Waals surface area contributed by atoms with Gasteiger partial charge in [0, 0.05) is 17.1 Å². The van der Waals surface area contributed by atoms with Gasteiger partial charge in [0.25, 0.3) is 0 Å². The standard InChI is InChI=1S/C16H15NO6/c1-3-6-22-16(21)17-10-4-5-11-9(2)12(8-14(18)19)15(20)23-13(11)7-10/h3-5,7H,1,6,8H2,2H3,(H,17,21)(H,18,19). The number of carbonyl (C=O) groups is 2. The summed E-state index contributed by atoms with van der Waals surface area (Å²) < 4.78 is 9.94. The number of ether oxygens (including phenoxy) is 1. The summed E-state index contributed by atoms with van der Waals surface area (Å²) in [5, 5.41) is 11.9. The van der Waals surface area contributed by atoms with Crippen molar-refractivity contribution >= 4 is 28.7 Å². The third-order valence-electron chi connectivity index (χ3n) is 3.19. The first-order valence-corrected chi connectivity index (χ1v) is 6.75. The number of nitrogens with one attached hydrogen (secondary N) is 1. The lowest BCUT2D eigenvalue weighted by molar-refractivity contribution is -0.136. The number of aryl methyl sites for hydroxylation is 1. The van der Waals surface area contributed by atoms with Gasteiger partial charge in [-0.3, -0.25) is 10.1 Å². The van der Waals surface area contributed by atoms with Crippen LogP contribution in [0.15, 0.2) is 40.1 Å². The van der Waals surface area contributed by atoms with Crippen LogP contribution in [0.25, 0.3) is 11.0 Å². The summed E-state index contributed by atoms with van der Waals surface area (Å²) in [5.74, 6) is -1.11. The van der Waals surface area contributed by atoms with Crippen molar-refractivity contribution in [1.29, 1.82) is 0 Å². The minimum atomic E-state index is -1.11. The highest BCUT2D eigenvalue weighted by Crippen LogP contribution is 2.23. The number of aliphatic carboxylic acids is 1. The van der Waals surface area contributed by atoms with Crippen molar-refractivity contribution in [2.45, 2.75) is 13.3 Å². The van der Waals surface area contributed by atoms with Gasteiger partial charge in [0.1, 0.15) is 12.2 Å². The number of hydrogen-bond donors (Lipinski definition) is 2. The Bertz CT molecular complexity index is 836. The number of carboxylic acid groups (broad SMARTS) is 1. The van der Waals surface area contributed by atoms with Crippen molar-refractivity contribution in [2.75, 3.05) is 11.9 Å². The highest BCUT2D eigenvalue weighted by Gasteiger charge is 2.15. The number of carbonyl (C=O) groups excluding carboxylic acids is 1. The van der Waals surface area contributed by atoms with E-state index in [0.717, 1.165) is 0 Å². The molecular weight excluding hydrogens is 302 g/mol. The molecule has 1 heterocycles. The number of fused-ring (bicyclic) bond motifs is 1. The Morgan fingerprint density at radius 1 is 1.43 bits per heavy atom. The van der Waals surface area contributed by atoms with Crippen LogP contribution in [0.4, 0.5) is 10.5 Å². The predicted molar refractivity (Wildman–Crippen MR) is 83.7 cm³/mol. The van der Waals surface area contributed by atoms with E-state index in [1.165, 1.54) is 12.1 Å². The largest absolute Gasteiger partial charge is 0.481 e. The zero-order chi connectivity index (χ0) is 17.0. The van der Waals surface area contributed by atoms with E-state index in [2.05, 4.69) is 11.9 Å². The highest BCUT2D eigenvalue weighted by molar-refractivity contribution is 5.90. The van der Waals surface area contributed by atoms with E-state index in [0.29, 0.717) is 16.6 Å². The summed E-state index contributed by atoms with van der Waals surface area (Å²) in [6.07, 6.45) is 0.371. The van der Waals surface area contributed by atoms with E-state index < -0.39 is 24.1 Å². The third kappa shape index (κ3) is 3.76. The van der Waals surface area contributed by atoms with Crippen molar-refractivity contribution in [3.05, 3.63) is 52.4 Å². The summed E-state index contributed by atoms with van der Waals surface area (Å²) in [4.78, 5) is 34.2. The molecule has 0 bridgehead atoms. The SMILES string of the molecule is C=CCOC(=O)Nc1ccc2c(C)c(CC(=O)O)c(=O)oc2c1. The average molecular weight is 317 g/mol. The fourth-order valence-corrected chi connectivity index (χ4v) is 2.12. The van der Waals surface area contributed by atoms with Crippen LogP contribution in [0.2, 0.25) is 0 Å². The minimum absolute atomic E-state index is 0.0755. The lowest BCUT2D eigenvalue weighted by atomic mass is 10.0. The molecule has 1 amide bonds. The maximum absolute atomic E-state index is 11.9. The molecule has 0 saturated carbocycles. The monoisotopic (exact) mass is 317 g/mol. The molecule has 0 unspecified atom stereocenters. The van der Waals surface area contributed by atoms with Crippen molar-refractivity contribution in [3.63, 3.8) is 0 Å². The van der Waals surface area contributed by atoms with E-state index in [1.54, 1.807) is 19.1 Å². The van der Waals surface area contributed by atoms with Crippen molar-refractivity contribution in [1.82, 2.24) is 0 Å². The molecule has 0 spiro atoms. The van der Waals surface area contributed by atoms with Gasteiger partial charge in [-0.15, -0.1) is 0 Å². The topological polar surface area (TPSA) is 106 Å². The Kier molecular flexibility index (Phi) is 4.80. The number of hydrogen-bond acceptors (Lipinski definition) is 5. The lowest BCUT2D eigenvalue weighted by Crippen LogP contribution is -2.15. The molecule has 120 valence electrons. The van der Waals surface area contributed by atoms with Gasteiger partial charge in [-0.1, -0.05) is 12.7 Å². The molecule has 2 rings (SSSR count). The number of benzene rings is 1. The van der Waals surface area contributed by atoms with E-state index >= 15 is 0 Å². The van der Waals surface area contributed by atoms with Crippen LogP contribution >= 0.6 is 0 Å². The maximum atomic E-state index is 11.9. The number of rotatable bonds is 5. The average Bonchev–Trinajstić information content (AvgIpc) is 2.49. The molecular formula is C16H15NO6. The fourth-order valence-electron chi connectivity index (χ4n) is 2.12. The minimum Gasteiger partial charge on any atom is -0.481 e. The number of amides is 1. The molecule has 1 aromatic heterocycles. The Morgan fingerprint density at radius 3 is 2.83 bits per heavy atom. The van der Waals surface area contributed by atoms with Crippen molar-refractivity contribution < 1.29 is 23.8 Å². The summed E-state index contributed by atoms with van der Waals surface area (Å²) in [6.45, 7) is 5.16. The van der Waals surface area contributed by atoms with Gasteiger partial charge in [-0.25, -0.2) is 9.59 Å². The number of carboxylic acids is 1. The molecule has 1 aromatic carbocycles. The van der Waals surface area contributed by atoms with Gasteiger partial charge < -0.3 is 14.3 Å². The van der Waals surface area contributed by atoms with Crippen LogP contribution in [-0.2, 0) is 16.0 Å². The Labute approximate surface area is 131 Å². The smallest absolute Gasteiger partial charge is 0.411 e. The molecule has 0 saturated heterocycles. The number of anilines is 1. The fraction of sp³-hybridized carbons (Fsp3) is 0.188. The second-order valence-electron chi connectivity index (χ2n) is 4.79. The first-order chi connectivity index (χ1) is 10.9. The first kappa shape index (κ1) is 16.3. The second-order valence-corrected chi connectivity index (χ2v) is 4.79. The van der Waals surface area contributed by atoms with E-state index in [4.69, 9.17) is 14.3 Å². The van der Waals surface area contributed by atoms with Gasteiger partial charge in [-0.05, 0) is 24.6 Å². The predicted octanol–water partition coefficient (Wildman–Crippen LogP) is 2.46. The van der Waals surface area contributed by atoms with E-state index in [-0.39, 0.29) is 17.8 Å². The second kappa shape index (κ2) is 6.78. The molecule has 0 fully saturated rings. The zero-order valence-corrected chi connectivity index (χ0v) is 12.4. The molecule has 0 atom stereocenters. The summed E-state index contributed by atoms with van der Waals surface area (Å²) >= 11 is 0. The van der Waals surface area contributed by atoms with Crippen molar-refractivity contribution in [3.8, 4) is 0 Å². The van der Waals surface area contributed by atoms with Crippen LogP contribution in [0.5, 0.6) is 0 Å². The van der Waals surface area contributed by atoms with Gasteiger partial charge in [0.15, 0.2) is 0 Å². The molecule has 2 N–H and O–H groups in total. The van der Waals surface area contributed by atoms with Crippen LogP contribution < -0.4 is 10.9 Å². The van der Waals surface area contributed by atoms with Crippen LogP contribution in [-0.4, -0.2) is 23.8 Å². The molecule has 0 aliphatic heterocycles. The quantitative estimate of drug-likeness (QED) is 0.648. The Balaban J connectivity index is 2.37. The van der Waals surface area contributed by atoms with E-state index in [1.807, 2.05) is 0 Å². The van der Waals surface area contributed by atoms with Gasteiger partial charge in [-0.2, -0.15) is 0 Å². The van der Waals surface area contributed by atoms with Gasteiger partial charge >= 0.3 is 17.7 Å². The van der Waals surface area contributed by atoms with Crippen LogP contribution in [0.1, 0.15) is 11.1 Å². The first-order valence-electron chi connectivity index (χ1n) is 6.75. The molecule has 2 aromatic rings. The highest BCUT2D eigenvalue weighted by atomic mass is 16.5. The van der Waals surface area contributed by atoms with Gasteiger partial charge in [0.05, 0.1) is 12.0 Å². The molecule has 7 heteroatoms. The molecule has 23 heavy (non-hydrogen) atoms. The zero-order valence-electron chi connectivity index (χ0n) is 12.4. The van der Waals surface area contributed by atoms with Crippen LogP contribution in [0.3, 0.4) is 0 Å². The van der Waals surface area contributed by atoms with Crippen molar-refractivity contribution in [2.24, 2.45) is 0 Å². The molecule has 0 aliphatic carbocycles. The summed E-state index contributed by atoms with van der Waals surface area (Å²) in [6, 6.07) is 4.72. The normalized spacial score (nSPS) is 10.3. The third-order valence-corrected chi connectivity index (χ3v) is 3.19. The van der Waals surface area contributed by atoms with Crippen LogP contribution in [0, 0.1) is 6.92 Å². The maximum Gasteiger partial charge on any atom is 0.411 e.